The van der Waals surface area contributed by atoms with Crippen LogP contribution in [0.25, 0.3) is 0 Å². The van der Waals surface area contributed by atoms with Crippen molar-refractivity contribution < 1.29 is 9.21 Å². The average molecular weight is 464 g/mol. The molecule has 1 saturated heterocycles. The quantitative estimate of drug-likeness (QED) is 0.557. The van der Waals surface area contributed by atoms with Gasteiger partial charge in [0.2, 0.25) is 0 Å². The summed E-state index contributed by atoms with van der Waals surface area (Å²) in [6, 6.07) is 14.3. The smallest absolute Gasteiger partial charge is 0.259 e. The van der Waals surface area contributed by atoms with Gasteiger partial charge in [-0.3, -0.25) is 9.79 Å². The van der Waals surface area contributed by atoms with Crippen molar-refractivity contribution in [2.45, 2.75) is 52.9 Å². The van der Waals surface area contributed by atoms with Crippen molar-refractivity contribution >= 4 is 12.1 Å². The molecule has 7 heteroatoms. The van der Waals surface area contributed by atoms with E-state index in [1.54, 1.807) is 12.5 Å². The van der Waals surface area contributed by atoms with Crippen LogP contribution in [0.5, 0.6) is 0 Å². The second kappa shape index (κ2) is 10.9. The summed E-state index contributed by atoms with van der Waals surface area (Å²) in [7, 11) is 0. The number of rotatable bonds is 8. The third-order valence-corrected chi connectivity index (χ3v) is 6.48. The Kier molecular flexibility index (Phi) is 7.73. The number of amides is 1. The van der Waals surface area contributed by atoms with E-state index in [1.165, 1.54) is 5.56 Å². The van der Waals surface area contributed by atoms with Gasteiger partial charge in [-0.05, 0) is 43.0 Å². The normalized spacial score (nSPS) is 19.3. The molecule has 2 aliphatic heterocycles. The van der Waals surface area contributed by atoms with Crippen molar-refractivity contribution in [2.24, 2.45) is 16.3 Å². The number of benzene rings is 1. The van der Waals surface area contributed by atoms with Crippen LogP contribution in [0.4, 0.5) is 0 Å². The summed E-state index contributed by atoms with van der Waals surface area (Å²) in [6.07, 6.45) is 5.30. The zero-order valence-corrected chi connectivity index (χ0v) is 20.5. The minimum atomic E-state index is -0.107. The second-order valence-corrected chi connectivity index (χ2v) is 10.3. The lowest BCUT2D eigenvalue weighted by molar-refractivity contribution is -0.128. The summed E-state index contributed by atoms with van der Waals surface area (Å²) in [5.41, 5.74) is 1.82. The van der Waals surface area contributed by atoms with Crippen molar-refractivity contribution in [1.29, 1.82) is 0 Å². The summed E-state index contributed by atoms with van der Waals surface area (Å²) < 4.78 is 5.46. The Morgan fingerprint density at radius 3 is 2.56 bits per heavy atom. The van der Waals surface area contributed by atoms with Crippen LogP contribution in [0, 0.1) is 11.3 Å². The molecule has 1 aromatic heterocycles. The summed E-state index contributed by atoms with van der Waals surface area (Å²) in [6.45, 7) is 10.3. The van der Waals surface area contributed by atoms with Crippen LogP contribution in [-0.4, -0.2) is 42.8 Å². The molecular formula is C27H37N5O2. The third-order valence-electron chi connectivity index (χ3n) is 6.48. The number of likely N-dealkylation sites (tertiary alicyclic amines) is 1. The molecule has 2 aromatic rings. The molecule has 1 unspecified atom stereocenters. The molecule has 2 aliphatic rings. The minimum Gasteiger partial charge on any atom is -0.467 e. The first kappa shape index (κ1) is 24.1. The molecule has 4 rings (SSSR count). The van der Waals surface area contributed by atoms with Crippen LogP contribution in [0.15, 0.2) is 69.5 Å². The Hall–Kier alpha value is -3.06. The van der Waals surface area contributed by atoms with Crippen LogP contribution in [0.3, 0.4) is 0 Å². The number of hydrogen-bond acceptors (Lipinski definition) is 6. The largest absolute Gasteiger partial charge is 0.467 e. The predicted molar refractivity (Wildman–Crippen MR) is 135 cm³/mol. The van der Waals surface area contributed by atoms with Crippen LogP contribution in [0.1, 0.15) is 44.9 Å². The van der Waals surface area contributed by atoms with E-state index in [-0.39, 0.29) is 17.5 Å². The number of aliphatic imine (C=N–C) groups is 1. The van der Waals surface area contributed by atoms with Gasteiger partial charge in [-0.15, -0.1) is 0 Å². The lowest BCUT2D eigenvalue weighted by Gasteiger charge is -2.36. The van der Waals surface area contributed by atoms with Gasteiger partial charge in [0, 0.05) is 31.3 Å². The molecule has 3 heterocycles. The van der Waals surface area contributed by atoms with Gasteiger partial charge in [0.25, 0.3) is 5.91 Å². The van der Waals surface area contributed by atoms with Crippen molar-refractivity contribution in [2.75, 3.05) is 19.6 Å². The first-order valence-electron chi connectivity index (χ1n) is 12.2. The molecule has 34 heavy (non-hydrogen) atoms. The van der Waals surface area contributed by atoms with E-state index in [2.05, 4.69) is 66.0 Å². The fourth-order valence-corrected chi connectivity index (χ4v) is 4.33. The number of nitrogens with zero attached hydrogens (tertiary/aromatic N) is 2. The monoisotopic (exact) mass is 463 g/mol. The molecule has 1 amide bonds. The number of piperidine rings is 1. The van der Waals surface area contributed by atoms with E-state index < -0.39 is 0 Å². The van der Waals surface area contributed by atoms with Gasteiger partial charge in [0.1, 0.15) is 17.7 Å². The topological polar surface area (TPSA) is 81.9 Å². The van der Waals surface area contributed by atoms with E-state index in [9.17, 15) is 4.79 Å². The summed E-state index contributed by atoms with van der Waals surface area (Å²) in [5.74, 6) is 2.16. The molecule has 1 atom stereocenters. The highest BCUT2D eigenvalue weighted by Crippen LogP contribution is 2.25. The summed E-state index contributed by atoms with van der Waals surface area (Å²) in [4.78, 5) is 20.1. The van der Waals surface area contributed by atoms with E-state index in [1.807, 2.05) is 23.1 Å². The first-order chi connectivity index (χ1) is 16.4. The molecule has 0 bridgehead atoms. The predicted octanol–water partition coefficient (Wildman–Crippen LogP) is 3.66. The highest BCUT2D eigenvalue weighted by Gasteiger charge is 2.32. The van der Waals surface area contributed by atoms with Gasteiger partial charge in [-0.2, -0.15) is 0 Å². The maximum Gasteiger partial charge on any atom is 0.259 e. The zero-order chi connectivity index (χ0) is 24.0. The average Bonchev–Trinajstić information content (AvgIpc) is 3.36. The van der Waals surface area contributed by atoms with Crippen LogP contribution in [-0.2, 0) is 17.9 Å². The van der Waals surface area contributed by atoms with Gasteiger partial charge in [-0.25, -0.2) is 0 Å². The molecule has 0 radical (unpaired) electrons. The van der Waals surface area contributed by atoms with E-state index in [4.69, 9.17) is 4.42 Å². The lowest BCUT2D eigenvalue weighted by atomic mass is 9.91. The number of furan rings is 1. The standard InChI is InChI=1S/C27H37N5O2/c1-27(2,3)26-30-19-23(24(31-26)29-18-22-10-7-15-34-22)25(33)32-13-11-21(12-14-32)17-28-16-20-8-5-4-6-9-20/h4-10,15,19,21,26,28-29,31H,11-14,16-18H2,1-3H3. The van der Waals surface area contributed by atoms with E-state index in [0.29, 0.717) is 18.0 Å². The van der Waals surface area contributed by atoms with Crippen LogP contribution < -0.4 is 16.0 Å². The molecule has 0 aliphatic carbocycles. The maximum absolute atomic E-state index is 13.4. The molecule has 1 aromatic carbocycles. The Labute approximate surface area is 202 Å². The Balaban J connectivity index is 1.34. The lowest BCUT2D eigenvalue weighted by Crippen LogP contribution is -2.48. The van der Waals surface area contributed by atoms with Crippen molar-refractivity contribution in [3.05, 3.63) is 71.4 Å². The first-order valence-corrected chi connectivity index (χ1v) is 12.2. The Morgan fingerprint density at radius 2 is 1.88 bits per heavy atom. The molecular weight excluding hydrogens is 426 g/mol. The van der Waals surface area contributed by atoms with E-state index in [0.717, 1.165) is 50.6 Å². The fraction of sp³-hybridized carbons (Fsp3) is 0.481. The van der Waals surface area contributed by atoms with Gasteiger partial charge in [-0.1, -0.05) is 51.1 Å². The van der Waals surface area contributed by atoms with Crippen molar-refractivity contribution in [3.63, 3.8) is 0 Å². The van der Waals surface area contributed by atoms with Crippen molar-refractivity contribution in [1.82, 2.24) is 20.9 Å². The summed E-state index contributed by atoms with van der Waals surface area (Å²) >= 11 is 0. The molecule has 1 fully saturated rings. The van der Waals surface area contributed by atoms with Gasteiger partial charge in [0.15, 0.2) is 0 Å². The second-order valence-electron chi connectivity index (χ2n) is 10.3. The van der Waals surface area contributed by atoms with Crippen molar-refractivity contribution in [3.8, 4) is 0 Å². The molecule has 7 nitrogen and oxygen atoms in total. The number of nitrogens with one attached hydrogen (secondary N) is 3. The highest BCUT2D eigenvalue weighted by atomic mass is 16.3. The fourth-order valence-electron chi connectivity index (χ4n) is 4.33. The van der Waals surface area contributed by atoms with Gasteiger partial charge in [0.05, 0.1) is 18.4 Å². The third kappa shape index (κ3) is 6.29. The Bertz CT molecular complexity index is 984. The van der Waals surface area contributed by atoms with E-state index >= 15 is 0 Å². The Morgan fingerprint density at radius 1 is 1.12 bits per heavy atom. The minimum absolute atomic E-state index is 0.0289. The molecule has 3 N–H and O–H groups in total. The number of hydrogen-bond donors (Lipinski definition) is 3. The highest BCUT2D eigenvalue weighted by molar-refractivity contribution is 6.13. The molecule has 0 spiro atoms. The van der Waals surface area contributed by atoms with Gasteiger partial charge >= 0.3 is 0 Å². The van der Waals surface area contributed by atoms with Crippen LogP contribution in [0.2, 0.25) is 0 Å². The number of carbonyl (C=O) groups excluding carboxylic acids is 1. The maximum atomic E-state index is 13.4. The zero-order valence-electron chi connectivity index (χ0n) is 20.5. The SMILES string of the molecule is CC(C)(C)C1N=CC(C(=O)N2CCC(CNCc3ccccc3)CC2)=C(NCc2ccco2)N1. The van der Waals surface area contributed by atoms with Gasteiger partial charge < -0.3 is 25.3 Å². The molecule has 0 saturated carbocycles. The molecule has 182 valence electrons. The van der Waals surface area contributed by atoms with Crippen LogP contribution >= 0.6 is 0 Å². The number of carbonyl (C=O) groups is 1. The summed E-state index contributed by atoms with van der Waals surface area (Å²) in [5, 5.41) is 10.4.